The third-order valence-corrected chi connectivity index (χ3v) is 6.49. The molecule has 33 heavy (non-hydrogen) atoms. The molecule has 1 N–H and O–H groups in total. The molecule has 3 aromatic rings. The van der Waals surface area contributed by atoms with Crippen LogP contribution in [0.2, 0.25) is 0 Å². The third-order valence-electron chi connectivity index (χ3n) is 6.49. The first-order valence-electron chi connectivity index (χ1n) is 11.5. The van der Waals surface area contributed by atoms with Crippen molar-refractivity contribution < 1.29 is 9.53 Å². The Bertz CT molecular complexity index is 1250. The molecule has 1 atom stereocenters. The monoisotopic (exact) mass is 444 g/mol. The first-order chi connectivity index (χ1) is 16.1. The Balaban J connectivity index is 1.52. The number of aryl methyl sites for hydroxylation is 1. The molecule has 1 amide bonds. The fourth-order valence-electron chi connectivity index (χ4n) is 4.58. The maximum absolute atomic E-state index is 13.6. The van der Waals surface area contributed by atoms with Gasteiger partial charge in [0.1, 0.15) is 5.75 Å². The summed E-state index contributed by atoms with van der Waals surface area (Å²) in [7, 11) is 1.67. The lowest BCUT2D eigenvalue weighted by Crippen LogP contribution is -2.33. The normalized spacial score (nSPS) is 17.8. The highest BCUT2D eigenvalue weighted by molar-refractivity contribution is 5.95. The standard InChI is InChI=1S/C26H28N4O3/c1-17-9-10-18(25(31)28-19-11-12-19)16-22(17)30-15-13-27-24(26(30)32)29-14-5-7-21(29)20-6-3-4-8-23(20)33-2/h3-4,6,8-10,13,15-16,19,21H,5,7,11-12,14H2,1-2H3,(H,28,31). The van der Waals surface area contributed by atoms with Crippen LogP contribution in [0.5, 0.6) is 5.75 Å². The summed E-state index contributed by atoms with van der Waals surface area (Å²) in [4.78, 5) is 32.8. The van der Waals surface area contributed by atoms with E-state index in [9.17, 15) is 9.59 Å². The SMILES string of the molecule is COc1ccccc1C1CCCN1c1nccn(-c2cc(C(=O)NC3CC3)ccc2C)c1=O. The molecule has 7 heteroatoms. The van der Waals surface area contributed by atoms with Gasteiger partial charge in [0.25, 0.3) is 11.5 Å². The van der Waals surface area contributed by atoms with E-state index in [4.69, 9.17) is 4.74 Å². The summed E-state index contributed by atoms with van der Waals surface area (Å²) in [6.45, 7) is 2.69. The van der Waals surface area contributed by atoms with Crippen LogP contribution >= 0.6 is 0 Å². The minimum absolute atomic E-state index is 0.0222. The number of para-hydroxylation sites is 1. The Morgan fingerprint density at radius 1 is 1.15 bits per heavy atom. The molecule has 1 unspecified atom stereocenters. The lowest BCUT2D eigenvalue weighted by atomic mass is 10.0. The average Bonchev–Trinajstić information content (AvgIpc) is 3.52. The van der Waals surface area contributed by atoms with Gasteiger partial charge in [-0.2, -0.15) is 0 Å². The number of nitrogens with one attached hydrogen (secondary N) is 1. The van der Waals surface area contributed by atoms with Gasteiger partial charge in [0.2, 0.25) is 0 Å². The Kier molecular flexibility index (Phi) is 5.62. The van der Waals surface area contributed by atoms with Crippen LogP contribution in [0, 0.1) is 6.92 Å². The van der Waals surface area contributed by atoms with Gasteiger partial charge in [-0.25, -0.2) is 4.98 Å². The van der Waals surface area contributed by atoms with Crippen LogP contribution in [0.15, 0.2) is 59.7 Å². The van der Waals surface area contributed by atoms with Crippen molar-refractivity contribution in [3.05, 3.63) is 81.9 Å². The molecular formula is C26H28N4O3. The topological polar surface area (TPSA) is 76.5 Å². The maximum atomic E-state index is 13.6. The summed E-state index contributed by atoms with van der Waals surface area (Å²) in [6.07, 6.45) is 7.28. The number of hydrogen-bond acceptors (Lipinski definition) is 5. The predicted molar refractivity (Wildman–Crippen MR) is 127 cm³/mol. The molecule has 2 aromatic carbocycles. The highest BCUT2D eigenvalue weighted by atomic mass is 16.5. The van der Waals surface area contributed by atoms with E-state index in [2.05, 4.69) is 21.3 Å². The number of nitrogens with zero attached hydrogens (tertiary/aromatic N) is 3. The fourth-order valence-corrected chi connectivity index (χ4v) is 4.58. The highest BCUT2D eigenvalue weighted by Gasteiger charge is 2.31. The zero-order valence-corrected chi connectivity index (χ0v) is 19.0. The molecule has 170 valence electrons. The second-order valence-corrected chi connectivity index (χ2v) is 8.77. The van der Waals surface area contributed by atoms with Gasteiger partial charge in [-0.1, -0.05) is 24.3 Å². The number of amides is 1. The minimum Gasteiger partial charge on any atom is -0.496 e. The molecule has 1 saturated carbocycles. The second kappa shape index (κ2) is 8.73. The number of hydrogen-bond donors (Lipinski definition) is 1. The smallest absolute Gasteiger partial charge is 0.298 e. The largest absolute Gasteiger partial charge is 0.496 e. The van der Waals surface area contributed by atoms with Crippen LogP contribution < -0.4 is 20.5 Å². The van der Waals surface area contributed by atoms with Crippen molar-refractivity contribution in [3.8, 4) is 11.4 Å². The minimum atomic E-state index is -0.192. The van der Waals surface area contributed by atoms with Crippen LogP contribution in [0.3, 0.4) is 0 Å². The molecule has 7 nitrogen and oxygen atoms in total. The van der Waals surface area contributed by atoms with Crippen LogP contribution in [-0.4, -0.2) is 35.2 Å². The molecule has 2 fully saturated rings. The number of carbonyl (C=O) groups excluding carboxylic acids is 1. The number of aromatic nitrogens is 2. The van der Waals surface area contributed by atoms with E-state index in [1.165, 1.54) is 0 Å². The summed E-state index contributed by atoms with van der Waals surface area (Å²) in [5.74, 6) is 1.13. The van der Waals surface area contributed by atoms with E-state index in [1.807, 2.05) is 37.3 Å². The summed E-state index contributed by atoms with van der Waals surface area (Å²) < 4.78 is 7.18. The van der Waals surface area contributed by atoms with E-state index in [0.29, 0.717) is 17.1 Å². The van der Waals surface area contributed by atoms with E-state index >= 15 is 0 Å². The Morgan fingerprint density at radius 2 is 1.97 bits per heavy atom. The lowest BCUT2D eigenvalue weighted by Gasteiger charge is -2.27. The molecule has 5 rings (SSSR count). The van der Waals surface area contributed by atoms with Crippen molar-refractivity contribution >= 4 is 11.7 Å². The molecule has 0 spiro atoms. The molecule has 2 aliphatic rings. The summed E-state index contributed by atoms with van der Waals surface area (Å²) in [6, 6.07) is 13.7. The number of ether oxygens (including phenoxy) is 1. The van der Waals surface area contributed by atoms with E-state index in [-0.39, 0.29) is 23.6 Å². The predicted octanol–water partition coefficient (Wildman–Crippen LogP) is 3.78. The molecule has 1 saturated heterocycles. The highest BCUT2D eigenvalue weighted by Crippen LogP contribution is 2.38. The van der Waals surface area contributed by atoms with Crippen molar-refractivity contribution in [2.45, 2.75) is 44.7 Å². The van der Waals surface area contributed by atoms with Crippen LogP contribution in [-0.2, 0) is 0 Å². The van der Waals surface area contributed by atoms with Crippen molar-refractivity contribution in [2.24, 2.45) is 0 Å². The zero-order valence-electron chi connectivity index (χ0n) is 19.0. The molecule has 0 bridgehead atoms. The van der Waals surface area contributed by atoms with E-state index in [1.54, 1.807) is 30.1 Å². The fraction of sp³-hybridized carbons (Fsp3) is 0.346. The second-order valence-electron chi connectivity index (χ2n) is 8.77. The van der Waals surface area contributed by atoms with Gasteiger partial charge in [0.05, 0.1) is 18.8 Å². The molecule has 2 heterocycles. The Hall–Kier alpha value is -3.61. The van der Waals surface area contributed by atoms with E-state index < -0.39 is 0 Å². The van der Waals surface area contributed by atoms with Gasteiger partial charge in [0.15, 0.2) is 5.82 Å². The first kappa shape index (κ1) is 21.2. The number of carbonyl (C=O) groups is 1. The van der Waals surface area contributed by atoms with E-state index in [0.717, 1.165) is 49.1 Å². The zero-order chi connectivity index (χ0) is 22.9. The van der Waals surface area contributed by atoms with Gasteiger partial charge >= 0.3 is 0 Å². The number of rotatable bonds is 6. The van der Waals surface area contributed by atoms with Crippen LogP contribution in [0.25, 0.3) is 5.69 Å². The van der Waals surface area contributed by atoms with Gasteiger partial charge in [0, 0.05) is 36.1 Å². The summed E-state index contributed by atoms with van der Waals surface area (Å²) >= 11 is 0. The summed E-state index contributed by atoms with van der Waals surface area (Å²) in [5.41, 5.74) is 3.03. The maximum Gasteiger partial charge on any atom is 0.298 e. The summed E-state index contributed by atoms with van der Waals surface area (Å²) in [5, 5.41) is 3.02. The first-order valence-corrected chi connectivity index (χ1v) is 11.5. The molecule has 1 aliphatic carbocycles. The quantitative estimate of drug-likeness (QED) is 0.626. The lowest BCUT2D eigenvalue weighted by molar-refractivity contribution is 0.0951. The molecular weight excluding hydrogens is 416 g/mol. The number of anilines is 1. The third kappa shape index (κ3) is 4.11. The van der Waals surface area contributed by atoms with Gasteiger partial charge in [-0.05, 0) is 56.4 Å². The van der Waals surface area contributed by atoms with Gasteiger partial charge in [-0.15, -0.1) is 0 Å². The van der Waals surface area contributed by atoms with Crippen molar-refractivity contribution in [1.29, 1.82) is 0 Å². The Labute approximate surface area is 193 Å². The van der Waals surface area contributed by atoms with Crippen LogP contribution in [0.4, 0.5) is 5.82 Å². The molecule has 1 aromatic heterocycles. The molecule has 0 radical (unpaired) electrons. The number of methoxy groups -OCH3 is 1. The Morgan fingerprint density at radius 3 is 2.76 bits per heavy atom. The van der Waals surface area contributed by atoms with Crippen molar-refractivity contribution in [3.63, 3.8) is 0 Å². The van der Waals surface area contributed by atoms with Crippen LogP contribution in [0.1, 0.15) is 53.2 Å². The average molecular weight is 445 g/mol. The van der Waals surface area contributed by atoms with Gasteiger partial charge in [-0.3, -0.25) is 14.2 Å². The number of benzene rings is 2. The van der Waals surface area contributed by atoms with Gasteiger partial charge < -0.3 is 15.0 Å². The van der Waals surface area contributed by atoms with Crippen molar-refractivity contribution in [2.75, 3.05) is 18.6 Å². The van der Waals surface area contributed by atoms with Crippen molar-refractivity contribution in [1.82, 2.24) is 14.9 Å². The molecule has 1 aliphatic heterocycles.